The van der Waals surface area contributed by atoms with Crippen molar-refractivity contribution in [2.45, 2.75) is 13.0 Å². The Morgan fingerprint density at radius 3 is 2.64 bits per heavy atom. The summed E-state index contributed by atoms with van der Waals surface area (Å²) in [6.07, 6.45) is 1.74. The molecule has 0 saturated carbocycles. The van der Waals surface area contributed by atoms with Crippen molar-refractivity contribution in [2.75, 3.05) is 18.6 Å². The van der Waals surface area contributed by atoms with E-state index in [0.717, 1.165) is 37.0 Å². The molecule has 0 unspecified atom stereocenters. The van der Waals surface area contributed by atoms with Crippen LogP contribution in [0.5, 0.6) is 5.75 Å². The van der Waals surface area contributed by atoms with Gasteiger partial charge in [0, 0.05) is 18.8 Å². The van der Waals surface area contributed by atoms with Crippen molar-refractivity contribution in [1.29, 1.82) is 5.26 Å². The van der Waals surface area contributed by atoms with Crippen molar-refractivity contribution in [3.63, 3.8) is 0 Å². The summed E-state index contributed by atoms with van der Waals surface area (Å²) in [5, 5.41) is 8.87. The lowest BCUT2D eigenvalue weighted by atomic mass is 9.96. The Hall–Kier alpha value is -2.80. The fourth-order valence-corrected chi connectivity index (χ4v) is 2.84. The molecule has 0 aromatic heterocycles. The van der Waals surface area contributed by atoms with Gasteiger partial charge in [-0.15, -0.1) is 0 Å². The molecule has 1 aliphatic rings. The van der Waals surface area contributed by atoms with E-state index in [1.54, 1.807) is 7.11 Å². The van der Waals surface area contributed by atoms with Crippen LogP contribution in [0.3, 0.4) is 0 Å². The van der Waals surface area contributed by atoms with E-state index in [1.807, 2.05) is 36.4 Å². The van der Waals surface area contributed by atoms with Crippen LogP contribution in [0, 0.1) is 11.3 Å². The second kappa shape index (κ2) is 5.90. The molecule has 2 aromatic rings. The van der Waals surface area contributed by atoms with Gasteiger partial charge in [0.25, 0.3) is 0 Å². The van der Waals surface area contributed by atoms with E-state index in [4.69, 9.17) is 10.00 Å². The summed E-state index contributed by atoms with van der Waals surface area (Å²) in [6, 6.07) is 13.6. The zero-order valence-electron chi connectivity index (χ0n) is 12.4. The predicted octanol–water partition coefficient (Wildman–Crippen LogP) is 2.94. The second-order valence-electron chi connectivity index (χ2n) is 5.31. The minimum Gasteiger partial charge on any atom is -0.496 e. The molecule has 1 heterocycles. The van der Waals surface area contributed by atoms with E-state index < -0.39 is 0 Å². The molecule has 0 aliphatic carbocycles. The van der Waals surface area contributed by atoms with Crippen LogP contribution in [-0.2, 0) is 13.0 Å². The van der Waals surface area contributed by atoms with Gasteiger partial charge in [-0.05, 0) is 53.9 Å². The Kier molecular flexibility index (Phi) is 3.80. The number of rotatable bonds is 3. The number of nitriles is 1. The highest BCUT2D eigenvalue weighted by molar-refractivity contribution is 5.80. The van der Waals surface area contributed by atoms with Crippen molar-refractivity contribution in [1.82, 2.24) is 0 Å². The fourth-order valence-electron chi connectivity index (χ4n) is 2.84. The lowest BCUT2D eigenvalue weighted by molar-refractivity contribution is 0.112. The van der Waals surface area contributed by atoms with Crippen LogP contribution in [0.1, 0.15) is 27.0 Å². The zero-order chi connectivity index (χ0) is 15.5. The average molecular weight is 292 g/mol. The van der Waals surface area contributed by atoms with Gasteiger partial charge in [-0.1, -0.05) is 0 Å². The molecule has 0 fully saturated rings. The molecule has 0 amide bonds. The predicted molar refractivity (Wildman–Crippen MR) is 84.3 cm³/mol. The molecule has 4 nitrogen and oxygen atoms in total. The van der Waals surface area contributed by atoms with E-state index in [9.17, 15) is 4.79 Å². The summed E-state index contributed by atoms with van der Waals surface area (Å²) in [5.41, 5.74) is 4.72. The van der Waals surface area contributed by atoms with Crippen molar-refractivity contribution >= 4 is 12.0 Å². The van der Waals surface area contributed by atoms with Gasteiger partial charge in [0.05, 0.1) is 24.3 Å². The standard InChI is InChI=1S/C18H16N2O2/c1-22-18-9-14-6-7-20(11-15(14)8-16(18)12-21)17-4-2-13(10-19)3-5-17/h2-5,8-9,12H,6-7,11H2,1H3. The topological polar surface area (TPSA) is 53.3 Å². The monoisotopic (exact) mass is 292 g/mol. The van der Waals surface area contributed by atoms with Gasteiger partial charge in [-0.3, -0.25) is 4.79 Å². The Bertz CT molecular complexity index is 745. The average Bonchev–Trinajstić information content (AvgIpc) is 2.60. The molecule has 22 heavy (non-hydrogen) atoms. The normalized spacial score (nSPS) is 13.2. The van der Waals surface area contributed by atoms with Gasteiger partial charge in [-0.2, -0.15) is 5.26 Å². The van der Waals surface area contributed by atoms with Crippen LogP contribution in [0.2, 0.25) is 0 Å². The minimum absolute atomic E-state index is 0.586. The number of anilines is 1. The van der Waals surface area contributed by atoms with E-state index in [2.05, 4.69) is 11.0 Å². The van der Waals surface area contributed by atoms with Crippen molar-refractivity contribution < 1.29 is 9.53 Å². The molecule has 0 atom stereocenters. The Morgan fingerprint density at radius 1 is 1.23 bits per heavy atom. The maximum absolute atomic E-state index is 11.2. The van der Waals surface area contributed by atoms with E-state index in [1.165, 1.54) is 5.56 Å². The van der Waals surface area contributed by atoms with Gasteiger partial charge >= 0.3 is 0 Å². The molecule has 0 saturated heterocycles. The molecule has 0 bridgehead atoms. The highest BCUT2D eigenvalue weighted by Crippen LogP contribution is 2.29. The first-order valence-electron chi connectivity index (χ1n) is 7.15. The molecular formula is C18H16N2O2. The first-order chi connectivity index (χ1) is 10.7. The third-order valence-electron chi connectivity index (χ3n) is 4.05. The maximum Gasteiger partial charge on any atom is 0.153 e. The van der Waals surface area contributed by atoms with Crippen LogP contribution < -0.4 is 9.64 Å². The smallest absolute Gasteiger partial charge is 0.153 e. The Labute approximate surface area is 129 Å². The third kappa shape index (κ3) is 2.53. The van der Waals surface area contributed by atoms with Gasteiger partial charge < -0.3 is 9.64 Å². The molecule has 3 rings (SSSR count). The van der Waals surface area contributed by atoms with Crippen molar-refractivity contribution in [2.24, 2.45) is 0 Å². The first kappa shape index (κ1) is 14.2. The maximum atomic E-state index is 11.2. The Balaban J connectivity index is 1.89. The summed E-state index contributed by atoms with van der Waals surface area (Å²) in [5.74, 6) is 0.639. The van der Waals surface area contributed by atoms with E-state index >= 15 is 0 Å². The first-order valence-corrected chi connectivity index (χ1v) is 7.15. The number of nitrogens with zero attached hydrogens (tertiary/aromatic N) is 2. The molecule has 1 aliphatic heterocycles. The number of ether oxygens (including phenoxy) is 1. The molecule has 2 aromatic carbocycles. The second-order valence-corrected chi connectivity index (χ2v) is 5.31. The number of fused-ring (bicyclic) bond motifs is 1. The van der Waals surface area contributed by atoms with Crippen molar-refractivity contribution in [3.05, 3.63) is 58.7 Å². The van der Waals surface area contributed by atoms with Gasteiger partial charge in [0.2, 0.25) is 0 Å². The lowest BCUT2D eigenvalue weighted by Crippen LogP contribution is -2.30. The number of carbonyl (C=O) groups excluding carboxylic acids is 1. The number of benzene rings is 2. The van der Waals surface area contributed by atoms with Crippen LogP contribution in [0.25, 0.3) is 0 Å². The van der Waals surface area contributed by atoms with Crippen molar-refractivity contribution in [3.8, 4) is 11.8 Å². The molecular weight excluding hydrogens is 276 g/mol. The third-order valence-corrected chi connectivity index (χ3v) is 4.05. The van der Waals surface area contributed by atoms with Gasteiger partial charge in [-0.25, -0.2) is 0 Å². The Morgan fingerprint density at radius 2 is 2.00 bits per heavy atom. The van der Waals surface area contributed by atoms with E-state index in [-0.39, 0.29) is 0 Å². The highest BCUT2D eigenvalue weighted by Gasteiger charge is 2.19. The number of aldehydes is 1. The highest BCUT2D eigenvalue weighted by atomic mass is 16.5. The molecule has 110 valence electrons. The van der Waals surface area contributed by atoms with Gasteiger partial charge in [0.1, 0.15) is 5.75 Å². The summed E-state index contributed by atoms with van der Waals surface area (Å²) in [6.45, 7) is 1.66. The largest absolute Gasteiger partial charge is 0.496 e. The van der Waals surface area contributed by atoms with Crippen LogP contribution in [-0.4, -0.2) is 19.9 Å². The SMILES string of the molecule is COc1cc2c(cc1C=O)CN(c1ccc(C#N)cc1)CC2. The zero-order valence-corrected chi connectivity index (χ0v) is 12.4. The van der Waals surface area contributed by atoms with Crippen LogP contribution >= 0.6 is 0 Å². The molecule has 0 radical (unpaired) electrons. The summed E-state index contributed by atoms with van der Waals surface area (Å²) in [4.78, 5) is 13.4. The summed E-state index contributed by atoms with van der Waals surface area (Å²) < 4.78 is 5.26. The number of carbonyl (C=O) groups is 1. The molecule has 4 heteroatoms. The summed E-state index contributed by atoms with van der Waals surface area (Å²) in [7, 11) is 1.58. The molecule has 0 N–H and O–H groups in total. The number of hydrogen-bond acceptors (Lipinski definition) is 4. The fraction of sp³-hybridized carbons (Fsp3) is 0.222. The van der Waals surface area contributed by atoms with Gasteiger partial charge in [0.15, 0.2) is 6.29 Å². The van der Waals surface area contributed by atoms with Crippen LogP contribution in [0.15, 0.2) is 36.4 Å². The summed E-state index contributed by atoms with van der Waals surface area (Å²) >= 11 is 0. The van der Waals surface area contributed by atoms with Crippen LogP contribution in [0.4, 0.5) is 5.69 Å². The number of methoxy groups -OCH3 is 1. The number of hydrogen-bond donors (Lipinski definition) is 0. The quantitative estimate of drug-likeness (QED) is 0.816. The molecule has 0 spiro atoms. The minimum atomic E-state index is 0.586. The lowest BCUT2D eigenvalue weighted by Gasteiger charge is -2.31. The van der Waals surface area contributed by atoms with E-state index in [0.29, 0.717) is 16.9 Å².